The standard InChI is InChI=1S/C24H31N3O5S/c1-18-15-26(16-19(2)32-18)17-20-6-8-21(9-7-20)24(28)25-22-4-3-5-23(14-22)33(29,30)27-10-12-31-13-11-27/h3-9,14,18-19H,10-13,15-17H2,1-2H3,(H,25,28). The number of hydrogen-bond acceptors (Lipinski definition) is 6. The molecule has 2 saturated heterocycles. The first-order chi connectivity index (χ1) is 15.8. The topological polar surface area (TPSA) is 88.2 Å². The number of ether oxygens (including phenoxy) is 2. The molecule has 0 spiro atoms. The molecule has 1 N–H and O–H groups in total. The SMILES string of the molecule is CC1CN(Cc2ccc(C(=O)Nc3cccc(S(=O)(=O)N4CCOCC4)c3)cc2)CC(C)O1. The van der Waals surface area contributed by atoms with E-state index < -0.39 is 10.0 Å². The first-order valence-corrected chi connectivity index (χ1v) is 12.7. The molecule has 0 radical (unpaired) electrons. The third-order valence-corrected chi connectivity index (χ3v) is 7.71. The monoisotopic (exact) mass is 473 g/mol. The Bertz CT molecular complexity index is 1060. The van der Waals surface area contributed by atoms with Crippen LogP contribution >= 0.6 is 0 Å². The Morgan fingerprint density at radius 2 is 1.70 bits per heavy atom. The summed E-state index contributed by atoms with van der Waals surface area (Å²) in [6, 6.07) is 13.9. The molecule has 33 heavy (non-hydrogen) atoms. The molecule has 2 aromatic carbocycles. The summed E-state index contributed by atoms with van der Waals surface area (Å²) < 4.78 is 38.2. The Morgan fingerprint density at radius 3 is 2.36 bits per heavy atom. The molecule has 2 aliphatic rings. The Balaban J connectivity index is 1.39. The Labute approximate surface area is 195 Å². The van der Waals surface area contributed by atoms with Crippen LogP contribution in [0.5, 0.6) is 0 Å². The van der Waals surface area contributed by atoms with Crippen LogP contribution < -0.4 is 5.32 Å². The molecule has 2 aliphatic heterocycles. The van der Waals surface area contributed by atoms with Crippen LogP contribution in [0, 0.1) is 0 Å². The number of nitrogens with one attached hydrogen (secondary N) is 1. The molecule has 2 unspecified atom stereocenters. The van der Waals surface area contributed by atoms with Crippen LogP contribution in [-0.2, 0) is 26.0 Å². The molecule has 1 amide bonds. The number of hydrogen-bond donors (Lipinski definition) is 1. The highest BCUT2D eigenvalue weighted by molar-refractivity contribution is 7.89. The smallest absolute Gasteiger partial charge is 0.255 e. The number of amides is 1. The van der Waals surface area contributed by atoms with Crippen molar-refractivity contribution in [3.8, 4) is 0 Å². The van der Waals surface area contributed by atoms with Crippen molar-refractivity contribution in [3.05, 3.63) is 59.7 Å². The van der Waals surface area contributed by atoms with E-state index in [4.69, 9.17) is 9.47 Å². The lowest BCUT2D eigenvalue weighted by Crippen LogP contribution is -2.44. The zero-order chi connectivity index (χ0) is 23.4. The van der Waals surface area contributed by atoms with Gasteiger partial charge in [-0.25, -0.2) is 8.42 Å². The molecular formula is C24H31N3O5S. The number of rotatable bonds is 6. The van der Waals surface area contributed by atoms with E-state index in [2.05, 4.69) is 24.1 Å². The van der Waals surface area contributed by atoms with E-state index in [1.54, 1.807) is 30.3 Å². The van der Waals surface area contributed by atoms with Gasteiger partial charge in [0.1, 0.15) is 0 Å². The molecule has 178 valence electrons. The Kier molecular flexibility index (Phi) is 7.45. The van der Waals surface area contributed by atoms with Gasteiger partial charge in [0.05, 0.1) is 30.3 Å². The first-order valence-electron chi connectivity index (χ1n) is 11.3. The fraction of sp³-hybridized carbons (Fsp3) is 0.458. The van der Waals surface area contributed by atoms with Crippen molar-refractivity contribution in [2.24, 2.45) is 0 Å². The van der Waals surface area contributed by atoms with Crippen LogP contribution in [0.25, 0.3) is 0 Å². The van der Waals surface area contributed by atoms with Gasteiger partial charge in [0.25, 0.3) is 5.91 Å². The lowest BCUT2D eigenvalue weighted by molar-refractivity contribution is -0.0704. The summed E-state index contributed by atoms with van der Waals surface area (Å²) in [5.74, 6) is -0.281. The third kappa shape index (κ3) is 5.99. The van der Waals surface area contributed by atoms with Gasteiger partial charge >= 0.3 is 0 Å². The number of benzene rings is 2. The van der Waals surface area contributed by atoms with Crippen LogP contribution in [0.3, 0.4) is 0 Å². The molecule has 8 nitrogen and oxygen atoms in total. The predicted molar refractivity (Wildman–Crippen MR) is 126 cm³/mol. The van der Waals surface area contributed by atoms with E-state index in [1.807, 2.05) is 12.1 Å². The Morgan fingerprint density at radius 1 is 1.03 bits per heavy atom. The van der Waals surface area contributed by atoms with Crippen molar-refractivity contribution >= 4 is 21.6 Å². The van der Waals surface area contributed by atoms with E-state index in [1.165, 1.54) is 10.4 Å². The van der Waals surface area contributed by atoms with Crippen molar-refractivity contribution in [3.63, 3.8) is 0 Å². The van der Waals surface area contributed by atoms with Gasteiger partial charge in [-0.1, -0.05) is 18.2 Å². The first kappa shape index (κ1) is 23.8. The van der Waals surface area contributed by atoms with Crippen LogP contribution in [-0.4, -0.2) is 75.1 Å². The maximum atomic E-state index is 12.9. The summed E-state index contributed by atoms with van der Waals surface area (Å²) in [7, 11) is -3.62. The van der Waals surface area contributed by atoms with Crippen LogP contribution in [0.1, 0.15) is 29.8 Å². The van der Waals surface area contributed by atoms with E-state index in [9.17, 15) is 13.2 Å². The minimum atomic E-state index is -3.62. The summed E-state index contributed by atoms with van der Waals surface area (Å²) in [5, 5.41) is 2.81. The van der Waals surface area contributed by atoms with E-state index in [0.717, 1.165) is 25.2 Å². The summed E-state index contributed by atoms with van der Waals surface area (Å²) in [6.07, 6.45) is 0.420. The average molecular weight is 474 g/mol. The number of sulfonamides is 1. The number of morpholine rings is 2. The number of carbonyl (C=O) groups excluding carboxylic acids is 1. The molecule has 9 heteroatoms. The van der Waals surface area contributed by atoms with E-state index in [-0.39, 0.29) is 23.0 Å². The highest BCUT2D eigenvalue weighted by atomic mass is 32.2. The highest BCUT2D eigenvalue weighted by Gasteiger charge is 2.26. The van der Waals surface area contributed by atoms with Gasteiger partial charge in [-0.05, 0) is 49.7 Å². The van der Waals surface area contributed by atoms with Crippen LogP contribution in [0.4, 0.5) is 5.69 Å². The molecule has 0 aliphatic carbocycles. The van der Waals surface area contributed by atoms with Gasteiger partial charge in [0.15, 0.2) is 0 Å². The molecule has 2 atom stereocenters. The molecule has 4 rings (SSSR count). The maximum Gasteiger partial charge on any atom is 0.255 e. The van der Waals surface area contributed by atoms with Crippen molar-refractivity contribution in [1.82, 2.24) is 9.21 Å². The Hall–Kier alpha value is -2.30. The summed E-state index contributed by atoms with van der Waals surface area (Å²) in [5.41, 5.74) is 2.09. The van der Waals surface area contributed by atoms with Gasteiger partial charge < -0.3 is 14.8 Å². The van der Waals surface area contributed by atoms with Crippen LogP contribution in [0.15, 0.2) is 53.4 Å². The quantitative estimate of drug-likeness (QED) is 0.694. The number of nitrogens with zero attached hydrogens (tertiary/aromatic N) is 2. The summed E-state index contributed by atoms with van der Waals surface area (Å²) in [4.78, 5) is 15.3. The second-order valence-electron chi connectivity index (χ2n) is 8.65. The zero-order valence-electron chi connectivity index (χ0n) is 19.1. The molecule has 2 aromatic rings. The van der Waals surface area contributed by atoms with Crippen molar-refractivity contribution in [1.29, 1.82) is 0 Å². The zero-order valence-corrected chi connectivity index (χ0v) is 19.9. The fourth-order valence-electron chi connectivity index (χ4n) is 4.31. The van der Waals surface area contributed by atoms with Gasteiger partial charge in [0, 0.05) is 44.0 Å². The lowest BCUT2D eigenvalue weighted by atomic mass is 10.1. The minimum Gasteiger partial charge on any atom is -0.379 e. The summed E-state index contributed by atoms with van der Waals surface area (Å²) >= 11 is 0. The lowest BCUT2D eigenvalue weighted by Gasteiger charge is -2.35. The van der Waals surface area contributed by atoms with E-state index in [0.29, 0.717) is 37.6 Å². The van der Waals surface area contributed by atoms with Crippen molar-refractivity contribution in [2.75, 3.05) is 44.7 Å². The minimum absolute atomic E-state index is 0.159. The van der Waals surface area contributed by atoms with Gasteiger partial charge in [-0.15, -0.1) is 0 Å². The van der Waals surface area contributed by atoms with Gasteiger partial charge in [0.2, 0.25) is 10.0 Å². The second kappa shape index (κ2) is 10.3. The molecular weight excluding hydrogens is 442 g/mol. The van der Waals surface area contributed by atoms with Crippen LogP contribution in [0.2, 0.25) is 0 Å². The molecule has 2 fully saturated rings. The number of carbonyl (C=O) groups is 1. The maximum absolute atomic E-state index is 12.9. The second-order valence-corrected chi connectivity index (χ2v) is 10.6. The third-order valence-electron chi connectivity index (χ3n) is 5.82. The predicted octanol–water partition coefficient (Wildman–Crippen LogP) is 2.57. The number of anilines is 1. The molecule has 0 bridgehead atoms. The van der Waals surface area contributed by atoms with Gasteiger partial charge in [-0.3, -0.25) is 9.69 Å². The molecule has 0 saturated carbocycles. The highest BCUT2D eigenvalue weighted by Crippen LogP contribution is 2.21. The fourth-order valence-corrected chi connectivity index (χ4v) is 5.76. The molecule has 2 heterocycles. The molecule has 0 aromatic heterocycles. The average Bonchev–Trinajstić information content (AvgIpc) is 2.79. The van der Waals surface area contributed by atoms with Gasteiger partial charge in [-0.2, -0.15) is 4.31 Å². The van der Waals surface area contributed by atoms with Crippen molar-refractivity contribution in [2.45, 2.75) is 37.5 Å². The summed E-state index contributed by atoms with van der Waals surface area (Å²) in [6.45, 7) is 8.16. The largest absolute Gasteiger partial charge is 0.379 e. The van der Waals surface area contributed by atoms with E-state index >= 15 is 0 Å². The normalized spacial score (nSPS) is 22.7. The van der Waals surface area contributed by atoms with Crippen molar-refractivity contribution < 1.29 is 22.7 Å².